The minimum absolute atomic E-state index is 0.156. The van der Waals surface area contributed by atoms with Gasteiger partial charge in [0, 0.05) is 36.3 Å². The van der Waals surface area contributed by atoms with Crippen LogP contribution in [-0.2, 0) is 11.8 Å². The highest BCUT2D eigenvalue weighted by atomic mass is 32.2. The highest BCUT2D eigenvalue weighted by Gasteiger charge is 2.12. The first-order valence-corrected chi connectivity index (χ1v) is 10.5. The number of rotatable bonds is 6. The molecule has 4 heterocycles. The van der Waals surface area contributed by atoms with Crippen LogP contribution in [0.25, 0.3) is 28.3 Å². The van der Waals surface area contributed by atoms with Crippen molar-refractivity contribution in [3.63, 3.8) is 0 Å². The number of pyridine rings is 1. The van der Waals surface area contributed by atoms with Crippen LogP contribution in [0.3, 0.4) is 0 Å². The molecule has 158 valence electrons. The second kappa shape index (κ2) is 8.51. The molecule has 1 N–H and O–H groups in total. The minimum Gasteiger partial charge on any atom is -0.325 e. The number of fused-ring (bicyclic) bond motifs is 1. The number of amides is 1. The third-order valence-corrected chi connectivity index (χ3v) is 5.55. The summed E-state index contributed by atoms with van der Waals surface area (Å²) in [5.74, 6) is 0.642. The summed E-state index contributed by atoms with van der Waals surface area (Å²) in [5.41, 5.74) is 3.69. The maximum atomic E-state index is 12.4. The van der Waals surface area contributed by atoms with Gasteiger partial charge in [-0.2, -0.15) is 9.61 Å². The third kappa shape index (κ3) is 4.03. The number of carbonyl (C=O) groups excluding carboxylic acids is 1. The van der Waals surface area contributed by atoms with Gasteiger partial charge >= 0.3 is 0 Å². The Morgan fingerprint density at radius 1 is 1.06 bits per heavy atom. The first kappa shape index (κ1) is 19.8. The Labute approximate surface area is 185 Å². The van der Waals surface area contributed by atoms with Crippen molar-refractivity contribution in [3.05, 3.63) is 60.9 Å². The topological polar surface area (TPSA) is 129 Å². The molecule has 0 bridgehead atoms. The van der Waals surface area contributed by atoms with Gasteiger partial charge in [0.1, 0.15) is 0 Å². The maximum absolute atomic E-state index is 12.4. The molecular weight excluding hydrogens is 428 g/mol. The quantitative estimate of drug-likeness (QED) is 0.391. The fraction of sp³-hybridized carbons (Fsp3) is 0.100. The largest absolute Gasteiger partial charge is 0.325 e. The van der Waals surface area contributed by atoms with Crippen molar-refractivity contribution in [1.82, 2.24) is 45.0 Å². The van der Waals surface area contributed by atoms with Crippen molar-refractivity contribution in [3.8, 4) is 22.6 Å². The lowest BCUT2D eigenvalue weighted by atomic mass is 10.1. The number of benzene rings is 1. The van der Waals surface area contributed by atoms with Crippen LogP contribution in [0, 0.1) is 0 Å². The van der Waals surface area contributed by atoms with Crippen molar-refractivity contribution in [2.75, 3.05) is 11.1 Å². The zero-order valence-corrected chi connectivity index (χ0v) is 17.6. The number of aryl methyl sites for hydroxylation is 1. The van der Waals surface area contributed by atoms with Crippen molar-refractivity contribution >= 4 is 29.0 Å². The summed E-state index contributed by atoms with van der Waals surface area (Å²) in [4.78, 5) is 16.5. The molecule has 0 spiro atoms. The van der Waals surface area contributed by atoms with Gasteiger partial charge in [0.2, 0.25) is 11.1 Å². The Morgan fingerprint density at radius 2 is 1.97 bits per heavy atom. The monoisotopic (exact) mass is 444 g/mol. The van der Waals surface area contributed by atoms with E-state index in [0.717, 1.165) is 16.8 Å². The molecule has 5 aromatic rings. The zero-order chi connectivity index (χ0) is 21.9. The molecule has 11 nitrogen and oxygen atoms in total. The molecule has 0 saturated carbocycles. The molecule has 0 saturated heterocycles. The van der Waals surface area contributed by atoms with Crippen LogP contribution in [0.2, 0.25) is 0 Å². The van der Waals surface area contributed by atoms with Crippen LogP contribution < -0.4 is 5.32 Å². The molecule has 32 heavy (non-hydrogen) atoms. The van der Waals surface area contributed by atoms with Crippen LogP contribution in [0.4, 0.5) is 5.69 Å². The van der Waals surface area contributed by atoms with E-state index in [0.29, 0.717) is 22.3 Å². The van der Waals surface area contributed by atoms with E-state index in [9.17, 15) is 4.79 Å². The molecule has 0 fully saturated rings. The molecule has 1 aromatic carbocycles. The molecule has 0 aliphatic heterocycles. The van der Waals surface area contributed by atoms with Crippen LogP contribution in [0.15, 0.2) is 66.1 Å². The Balaban J connectivity index is 1.37. The number of hydrogen-bond acceptors (Lipinski definition) is 9. The Hall–Kier alpha value is -4.19. The number of aromatic nitrogens is 9. The number of anilines is 1. The first-order chi connectivity index (χ1) is 15.7. The predicted molar refractivity (Wildman–Crippen MR) is 118 cm³/mol. The summed E-state index contributed by atoms with van der Waals surface area (Å²) in [6, 6.07) is 15.0. The van der Waals surface area contributed by atoms with E-state index in [1.54, 1.807) is 24.0 Å². The van der Waals surface area contributed by atoms with Gasteiger partial charge in [-0.25, -0.2) is 4.68 Å². The third-order valence-electron chi connectivity index (χ3n) is 4.54. The van der Waals surface area contributed by atoms with Crippen molar-refractivity contribution < 1.29 is 4.79 Å². The van der Waals surface area contributed by atoms with E-state index in [-0.39, 0.29) is 11.7 Å². The van der Waals surface area contributed by atoms with Gasteiger partial charge in [-0.3, -0.25) is 9.78 Å². The number of tetrazole rings is 1. The summed E-state index contributed by atoms with van der Waals surface area (Å²) < 4.78 is 3.20. The molecule has 0 aliphatic rings. The molecule has 0 aliphatic carbocycles. The van der Waals surface area contributed by atoms with Gasteiger partial charge in [0.05, 0.1) is 11.4 Å². The number of thioether (sulfide) groups is 1. The van der Waals surface area contributed by atoms with E-state index in [4.69, 9.17) is 5.10 Å². The molecule has 12 heteroatoms. The Bertz CT molecular complexity index is 1400. The summed E-state index contributed by atoms with van der Waals surface area (Å²) in [7, 11) is 1.73. The van der Waals surface area contributed by atoms with Crippen molar-refractivity contribution in [2.45, 2.75) is 5.16 Å². The molecular formula is C20H16N10OS. The molecule has 4 aromatic heterocycles. The van der Waals surface area contributed by atoms with E-state index in [2.05, 4.69) is 36.0 Å². The van der Waals surface area contributed by atoms with Gasteiger partial charge in [-0.05, 0) is 46.8 Å². The van der Waals surface area contributed by atoms with E-state index in [1.165, 1.54) is 16.4 Å². The SMILES string of the molecule is Cn1nnnc1SCC(=O)Nc1cccc(-c2ccc3nnc(-c4cccnc4)n3n2)c1. The van der Waals surface area contributed by atoms with Gasteiger partial charge < -0.3 is 5.32 Å². The molecule has 0 atom stereocenters. The van der Waals surface area contributed by atoms with Crippen LogP contribution >= 0.6 is 11.8 Å². The van der Waals surface area contributed by atoms with Gasteiger partial charge in [0.15, 0.2) is 11.5 Å². The number of carbonyl (C=O) groups is 1. The van der Waals surface area contributed by atoms with Gasteiger partial charge in [0.25, 0.3) is 0 Å². The number of nitrogens with one attached hydrogen (secondary N) is 1. The summed E-state index contributed by atoms with van der Waals surface area (Å²) in [5, 5.41) is 27.8. The number of nitrogens with zero attached hydrogens (tertiary/aromatic N) is 9. The van der Waals surface area contributed by atoms with E-state index >= 15 is 0 Å². The normalized spacial score (nSPS) is 11.0. The maximum Gasteiger partial charge on any atom is 0.234 e. The van der Waals surface area contributed by atoms with E-state index < -0.39 is 0 Å². The lowest BCUT2D eigenvalue weighted by Crippen LogP contribution is -2.14. The predicted octanol–water partition coefficient (Wildman–Crippen LogP) is 2.11. The van der Waals surface area contributed by atoms with Gasteiger partial charge in [-0.1, -0.05) is 23.9 Å². The average Bonchev–Trinajstić information content (AvgIpc) is 3.44. The standard InChI is InChI=1S/C20H16N10OS/c1-29-20(25-27-28-29)32-12-18(31)22-15-6-2-4-13(10-15)16-7-8-17-23-24-19(30(17)26-16)14-5-3-9-21-11-14/h2-11H,12H2,1H3,(H,22,31). The summed E-state index contributed by atoms with van der Waals surface area (Å²) in [6.45, 7) is 0. The highest BCUT2D eigenvalue weighted by molar-refractivity contribution is 7.99. The van der Waals surface area contributed by atoms with E-state index in [1.807, 2.05) is 48.5 Å². The summed E-state index contributed by atoms with van der Waals surface area (Å²) >= 11 is 1.26. The zero-order valence-electron chi connectivity index (χ0n) is 16.8. The second-order valence-electron chi connectivity index (χ2n) is 6.76. The average molecular weight is 444 g/mol. The minimum atomic E-state index is -0.156. The Kier molecular flexibility index (Phi) is 5.25. The van der Waals surface area contributed by atoms with Crippen LogP contribution in [-0.4, -0.2) is 56.7 Å². The molecule has 1 amide bonds. The fourth-order valence-electron chi connectivity index (χ4n) is 3.04. The highest BCUT2D eigenvalue weighted by Crippen LogP contribution is 2.23. The fourth-order valence-corrected chi connectivity index (χ4v) is 3.69. The van der Waals surface area contributed by atoms with Crippen molar-refractivity contribution in [2.24, 2.45) is 7.05 Å². The lowest BCUT2D eigenvalue weighted by Gasteiger charge is -2.08. The van der Waals surface area contributed by atoms with Crippen LogP contribution in [0.1, 0.15) is 0 Å². The summed E-state index contributed by atoms with van der Waals surface area (Å²) in [6.07, 6.45) is 3.42. The van der Waals surface area contributed by atoms with Crippen molar-refractivity contribution in [1.29, 1.82) is 0 Å². The van der Waals surface area contributed by atoms with Gasteiger partial charge in [-0.15, -0.1) is 15.3 Å². The molecule has 0 radical (unpaired) electrons. The molecule has 5 rings (SSSR count). The first-order valence-electron chi connectivity index (χ1n) is 9.56. The number of hydrogen-bond donors (Lipinski definition) is 1. The van der Waals surface area contributed by atoms with Crippen LogP contribution in [0.5, 0.6) is 0 Å². The molecule has 0 unspecified atom stereocenters. The Morgan fingerprint density at radius 3 is 2.78 bits per heavy atom. The lowest BCUT2D eigenvalue weighted by molar-refractivity contribution is -0.113. The smallest absolute Gasteiger partial charge is 0.234 e. The second-order valence-corrected chi connectivity index (χ2v) is 7.70.